The number of aliphatic hydroxyl groups excluding tert-OH is 1. The smallest absolute Gasteiger partial charge is 0.274 e. The van der Waals surface area contributed by atoms with E-state index in [4.69, 9.17) is 0 Å². The summed E-state index contributed by atoms with van der Waals surface area (Å²) in [5.41, 5.74) is -0.202. The molecule has 1 aromatic heterocycles. The summed E-state index contributed by atoms with van der Waals surface area (Å²) in [6, 6.07) is 3.52. The van der Waals surface area contributed by atoms with E-state index in [-0.39, 0.29) is 30.0 Å². The highest BCUT2D eigenvalue weighted by molar-refractivity contribution is 5.92. The third-order valence-corrected chi connectivity index (χ3v) is 4.58. The Hall–Kier alpha value is -2.65. The lowest BCUT2D eigenvalue weighted by molar-refractivity contribution is 0.0737. The Balaban J connectivity index is 1.60. The van der Waals surface area contributed by atoms with Crippen LogP contribution in [0.5, 0.6) is 0 Å². The lowest BCUT2D eigenvalue weighted by atomic mass is 10.1. The molecule has 27 heavy (non-hydrogen) atoms. The van der Waals surface area contributed by atoms with Crippen molar-refractivity contribution in [2.75, 3.05) is 32.0 Å². The zero-order valence-electron chi connectivity index (χ0n) is 14.8. The molecule has 3 rings (SSSR count). The number of carbonyl (C=O) groups excluding carboxylic acids is 1. The van der Waals surface area contributed by atoms with Gasteiger partial charge in [-0.05, 0) is 25.1 Å². The maximum atomic E-state index is 13.7. The van der Waals surface area contributed by atoms with Gasteiger partial charge >= 0.3 is 0 Å². The van der Waals surface area contributed by atoms with Crippen molar-refractivity contribution < 1.29 is 18.7 Å². The Kier molecular flexibility index (Phi) is 5.92. The van der Waals surface area contributed by atoms with Crippen LogP contribution in [-0.4, -0.2) is 58.6 Å². The van der Waals surface area contributed by atoms with Gasteiger partial charge in [0.25, 0.3) is 5.91 Å². The van der Waals surface area contributed by atoms with Crippen molar-refractivity contribution >= 4 is 11.7 Å². The number of nitrogens with one attached hydrogen (secondary N) is 2. The predicted molar refractivity (Wildman–Crippen MR) is 95.2 cm³/mol. The molecule has 7 nitrogen and oxygen atoms in total. The largest absolute Gasteiger partial charge is 0.386 e. The minimum atomic E-state index is -1.39. The number of amides is 1. The van der Waals surface area contributed by atoms with E-state index in [1.54, 1.807) is 11.9 Å². The van der Waals surface area contributed by atoms with E-state index in [0.29, 0.717) is 0 Å². The van der Waals surface area contributed by atoms with Crippen molar-refractivity contribution in [3.05, 3.63) is 53.5 Å². The number of aromatic nitrogens is 2. The van der Waals surface area contributed by atoms with E-state index in [1.807, 2.05) is 0 Å². The van der Waals surface area contributed by atoms with Crippen LogP contribution in [0.15, 0.2) is 30.6 Å². The van der Waals surface area contributed by atoms with Crippen molar-refractivity contribution in [2.24, 2.45) is 0 Å². The summed E-state index contributed by atoms with van der Waals surface area (Å²) in [5, 5.41) is 16.0. The first-order valence-corrected chi connectivity index (χ1v) is 8.63. The molecule has 1 aliphatic rings. The Morgan fingerprint density at radius 1 is 1.37 bits per heavy atom. The zero-order chi connectivity index (χ0) is 19.4. The van der Waals surface area contributed by atoms with Gasteiger partial charge in [0.1, 0.15) is 29.3 Å². The Morgan fingerprint density at radius 2 is 2.11 bits per heavy atom. The molecular weight excluding hydrogens is 356 g/mol. The summed E-state index contributed by atoms with van der Waals surface area (Å²) in [7, 11) is 1.73. The van der Waals surface area contributed by atoms with Gasteiger partial charge in [-0.3, -0.25) is 4.79 Å². The molecule has 1 saturated heterocycles. The number of hydrogen-bond donors (Lipinski definition) is 3. The van der Waals surface area contributed by atoms with Gasteiger partial charge in [0.15, 0.2) is 0 Å². The fraction of sp³-hybridized carbons (Fsp3) is 0.389. The third kappa shape index (κ3) is 4.37. The lowest BCUT2D eigenvalue weighted by Gasteiger charge is -2.23. The highest BCUT2D eigenvalue weighted by Gasteiger charge is 2.25. The van der Waals surface area contributed by atoms with Crippen LogP contribution in [0.3, 0.4) is 0 Å². The van der Waals surface area contributed by atoms with Crippen LogP contribution in [0.25, 0.3) is 0 Å². The summed E-state index contributed by atoms with van der Waals surface area (Å²) in [6.07, 6.45) is 2.17. The molecule has 1 amide bonds. The normalized spacial score (nSPS) is 17.6. The third-order valence-electron chi connectivity index (χ3n) is 4.58. The van der Waals surface area contributed by atoms with E-state index < -0.39 is 23.3 Å². The zero-order valence-corrected chi connectivity index (χ0v) is 14.8. The molecule has 1 aliphatic heterocycles. The number of likely N-dealkylation sites (N-methyl/N-ethyl adjacent to an activating group) is 1. The van der Waals surface area contributed by atoms with Crippen molar-refractivity contribution in [3.63, 3.8) is 0 Å². The van der Waals surface area contributed by atoms with Gasteiger partial charge in [0, 0.05) is 26.2 Å². The topological polar surface area (TPSA) is 90.4 Å². The van der Waals surface area contributed by atoms with Gasteiger partial charge in [0.2, 0.25) is 0 Å². The molecule has 1 fully saturated rings. The number of benzene rings is 1. The lowest BCUT2D eigenvalue weighted by Crippen LogP contribution is -2.38. The molecule has 2 unspecified atom stereocenters. The maximum absolute atomic E-state index is 13.7. The molecule has 144 valence electrons. The Labute approximate surface area is 155 Å². The molecule has 2 atom stereocenters. The van der Waals surface area contributed by atoms with Crippen LogP contribution in [0.2, 0.25) is 0 Å². The summed E-state index contributed by atoms with van der Waals surface area (Å²) in [4.78, 5) is 22.2. The predicted octanol–water partition coefficient (Wildman–Crippen LogP) is 1.33. The van der Waals surface area contributed by atoms with Gasteiger partial charge in [-0.1, -0.05) is 6.07 Å². The minimum Gasteiger partial charge on any atom is -0.386 e. The second-order valence-electron chi connectivity index (χ2n) is 6.38. The molecule has 2 heterocycles. The molecule has 3 N–H and O–H groups in total. The Morgan fingerprint density at radius 3 is 2.70 bits per heavy atom. The van der Waals surface area contributed by atoms with Crippen LogP contribution in [0.1, 0.15) is 28.6 Å². The standard InChI is InChI=1S/C18H21F2N5O2/c1-25(11-5-6-21-7-11)18(27)14-8-23-16(10-22-14)24-9-15(26)17-12(19)3-2-4-13(17)20/h2-4,8,10-11,15,21,26H,5-7,9H2,1H3,(H,23,24). The van der Waals surface area contributed by atoms with E-state index in [1.165, 1.54) is 18.5 Å². The van der Waals surface area contributed by atoms with E-state index in [0.717, 1.165) is 31.6 Å². The van der Waals surface area contributed by atoms with E-state index in [9.17, 15) is 18.7 Å². The second-order valence-corrected chi connectivity index (χ2v) is 6.38. The van der Waals surface area contributed by atoms with Crippen LogP contribution >= 0.6 is 0 Å². The first-order chi connectivity index (χ1) is 13.0. The number of halogens is 2. The summed E-state index contributed by atoms with van der Waals surface area (Å²) in [6.45, 7) is 1.47. The summed E-state index contributed by atoms with van der Waals surface area (Å²) >= 11 is 0. The van der Waals surface area contributed by atoms with Gasteiger partial charge in [0.05, 0.1) is 18.0 Å². The minimum absolute atomic E-state index is 0.128. The SMILES string of the molecule is CN(C(=O)c1cnc(NCC(O)c2c(F)cccc2F)cn1)C1CCNC1. The molecule has 0 aliphatic carbocycles. The number of hydrogen-bond acceptors (Lipinski definition) is 6. The second kappa shape index (κ2) is 8.36. The molecule has 0 radical (unpaired) electrons. The average Bonchev–Trinajstić information content (AvgIpc) is 3.20. The number of aliphatic hydroxyl groups is 1. The number of anilines is 1. The highest BCUT2D eigenvalue weighted by atomic mass is 19.1. The van der Waals surface area contributed by atoms with Crippen molar-refractivity contribution in [3.8, 4) is 0 Å². The van der Waals surface area contributed by atoms with Crippen molar-refractivity contribution in [1.82, 2.24) is 20.2 Å². The summed E-state index contributed by atoms with van der Waals surface area (Å²) in [5.74, 6) is -1.58. The first kappa shape index (κ1) is 19.1. The number of rotatable bonds is 6. The fourth-order valence-corrected chi connectivity index (χ4v) is 2.98. The van der Waals surface area contributed by atoms with E-state index >= 15 is 0 Å². The first-order valence-electron chi connectivity index (χ1n) is 8.63. The maximum Gasteiger partial charge on any atom is 0.274 e. The highest BCUT2D eigenvalue weighted by Crippen LogP contribution is 2.21. The van der Waals surface area contributed by atoms with Crippen LogP contribution < -0.4 is 10.6 Å². The molecule has 0 bridgehead atoms. The van der Waals surface area contributed by atoms with Gasteiger partial charge in [-0.25, -0.2) is 18.7 Å². The number of carbonyl (C=O) groups is 1. The van der Waals surface area contributed by atoms with Crippen LogP contribution in [-0.2, 0) is 0 Å². The Bertz CT molecular complexity index is 777. The fourth-order valence-electron chi connectivity index (χ4n) is 2.98. The molecular formula is C18H21F2N5O2. The van der Waals surface area contributed by atoms with Gasteiger partial charge in [-0.2, -0.15) is 0 Å². The molecule has 1 aromatic carbocycles. The van der Waals surface area contributed by atoms with Gasteiger partial charge < -0.3 is 20.6 Å². The van der Waals surface area contributed by atoms with Crippen LogP contribution in [0.4, 0.5) is 14.6 Å². The molecule has 0 saturated carbocycles. The molecule has 9 heteroatoms. The van der Waals surface area contributed by atoms with Crippen molar-refractivity contribution in [1.29, 1.82) is 0 Å². The molecule has 0 spiro atoms. The van der Waals surface area contributed by atoms with Crippen LogP contribution in [0, 0.1) is 11.6 Å². The quantitative estimate of drug-likeness (QED) is 0.704. The van der Waals surface area contributed by atoms with Crippen molar-refractivity contribution in [2.45, 2.75) is 18.6 Å². The average molecular weight is 377 g/mol. The monoisotopic (exact) mass is 377 g/mol. The number of nitrogens with zero attached hydrogens (tertiary/aromatic N) is 3. The van der Waals surface area contributed by atoms with E-state index in [2.05, 4.69) is 20.6 Å². The summed E-state index contributed by atoms with van der Waals surface area (Å²) < 4.78 is 27.3. The van der Waals surface area contributed by atoms with Gasteiger partial charge in [-0.15, -0.1) is 0 Å². The molecule has 2 aromatic rings.